The Balaban J connectivity index is 1.26. The number of nitrogens with zero attached hydrogens (tertiary/aromatic N) is 2. The molecule has 2 unspecified atom stereocenters. The minimum Gasteiger partial charge on any atom is -0.496 e. The highest BCUT2D eigenvalue weighted by atomic mass is 79.9. The summed E-state index contributed by atoms with van der Waals surface area (Å²) < 4.78 is 26.3. The van der Waals surface area contributed by atoms with Gasteiger partial charge in [0.25, 0.3) is 5.91 Å². The van der Waals surface area contributed by atoms with Crippen molar-refractivity contribution in [2.75, 3.05) is 39.9 Å². The Bertz CT molecular complexity index is 1230. The molecule has 1 amide bonds. The van der Waals surface area contributed by atoms with E-state index in [9.17, 15) is 14.0 Å². The van der Waals surface area contributed by atoms with Crippen LogP contribution in [0.3, 0.4) is 0 Å². The molecule has 216 valence electrons. The molecule has 0 bridgehead atoms. The molecule has 2 aromatic carbocycles. The van der Waals surface area contributed by atoms with Crippen LogP contribution in [0.4, 0.5) is 4.39 Å². The maximum Gasteiger partial charge on any atom is 0.309 e. The molecule has 0 radical (unpaired) electrons. The maximum atomic E-state index is 14.8. The summed E-state index contributed by atoms with van der Waals surface area (Å²) in [6.45, 7) is 5.63. The summed E-state index contributed by atoms with van der Waals surface area (Å²) in [5, 5.41) is 2.64. The van der Waals surface area contributed by atoms with Crippen LogP contribution in [-0.2, 0) is 22.4 Å². The van der Waals surface area contributed by atoms with Crippen LogP contribution in [0.5, 0.6) is 5.75 Å². The van der Waals surface area contributed by atoms with Crippen molar-refractivity contribution < 1.29 is 23.5 Å². The van der Waals surface area contributed by atoms with Gasteiger partial charge in [0, 0.05) is 28.7 Å². The summed E-state index contributed by atoms with van der Waals surface area (Å²) in [7, 11) is 1.59. The van der Waals surface area contributed by atoms with Crippen molar-refractivity contribution in [2.24, 2.45) is 28.5 Å². The Morgan fingerprint density at radius 1 is 1.20 bits per heavy atom. The fourth-order valence-corrected chi connectivity index (χ4v) is 5.76. The molecule has 1 heterocycles. The number of aliphatic imine (C=N–C) groups is 1. The van der Waals surface area contributed by atoms with Crippen molar-refractivity contribution in [1.82, 2.24) is 10.2 Å². The Kier molecular flexibility index (Phi) is 10.6. The van der Waals surface area contributed by atoms with E-state index in [1.165, 1.54) is 12.1 Å². The molecule has 8 nitrogen and oxygen atoms in total. The first-order valence-corrected chi connectivity index (χ1v) is 14.7. The highest BCUT2D eigenvalue weighted by molar-refractivity contribution is 9.10. The minimum atomic E-state index is -0.479. The molecular weight excluding hydrogens is 579 g/mol. The van der Waals surface area contributed by atoms with Crippen molar-refractivity contribution in [2.45, 2.75) is 39.0 Å². The van der Waals surface area contributed by atoms with Gasteiger partial charge in [-0.2, -0.15) is 0 Å². The number of piperidine rings is 1. The Labute approximate surface area is 243 Å². The third-order valence-electron chi connectivity index (χ3n) is 7.72. The monoisotopic (exact) mass is 616 g/mol. The van der Waals surface area contributed by atoms with Crippen LogP contribution in [0.25, 0.3) is 0 Å². The van der Waals surface area contributed by atoms with E-state index in [-0.39, 0.29) is 23.4 Å². The number of guanidine groups is 1. The lowest BCUT2D eigenvalue weighted by Crippen LogP contribution is -2.39. The Hall–Kier alpha value is -2.98. The van der Waals surface area contributed by atoms with E-state index in [4.69, 9.17) is 15.2 Å². The molecule has 0 spiro atoms. The first-order valence-electron chi connectivity index (χ1n) is 13.9. The van der Waals surface area contributed by atoms with Gasteiger partial charge in [0.05, 0.1) is 19.6 Å². The molecule has 1 aliphatic heterocycles. The van der Waals surface area contributed by atoms with E-state index >= 15 is 0 Å². The van der Waals surface area contributed by atoms with Crippen molar-refractivity contribution in [1.29, 1.82) is 0 Å². The van der Waals surface area contributed by atoms with Gasteiger partial charge in [0.15, 0.2) is 5.96 Å². The SMILES string of the molecule is CCOC(=O)C1CC1CN1CCC(CN=C(N)NC(=O)c2cccc(F)c2CCc2cc(Br)ccc2OC)CC1. The molecule has 1 saturated heterocycles. The van der Waals surface area contributed by atoms with Gasteiger partial charge in [-0.1, -0.05) is 22.0 Å². The number of rotatable bonds is 11. The van der Waals surface area contributed by atoms with Gasteiger partial charge in [-0.25, -0.2) is 4.39 Å². The number of nitrogens with two attached hydrogens (primary N) is 1. The molecular formula is C30H38BrFN4O4. The van der Waals surface area contributed by atoms with Crippen molar-refractivity contribution in [3.8, 4) is 5.75 Å². The van der Waals surface area contributed by atoms with Gasteiger partial charge in [0.2, 0.25) is 0 Å². The van der Waals surface area contributed by atoms with Gasteiger partial charge in [-0.05, 0) is 99.8 Å². The largest absolute Gasteiger partial charge is 0.496 e. The third kappa shape index (κ3) is 8.04. The second kappa shape index (κ2) is 14.1. The number of aryl methyl sites for hydroxylation is 1. The molecule has 10 heteroatoms. The number of benzene rings is 2. The van der Waals surface area contributed by atoms with E-state index in [2.05, 4.69) is 31.1 Å². The molecule has 2 aliphatic rings. The number of hydrogen-bond donors (Lipinski definition) is 2. The smallest absolute Gasteiger partial charge is 0.309 e. The lowest BCUT2D eigenvalue weighted by molar-refractivity contribution is -0.145. The molecule has 40 heavy (non-hydrogen) atoms. The maximum absolute atomic E-state index is 14.8. The fourth-order valence-electron chi connectivity index (χ4n) is 5.35. The van der Waals surface area contributed by atoms with Gasteiger partial charge in [-0.15, -0.1) is 0 Å². The van der Waals surface area contributed by atoms with Gasteiger partial charge < -0.3 is 20.1 Å². The summed E-state index contributed by atoms with van der Waals surface area (Å²) in [5.74, 6) is 0.598. The van der Waals surface area contributed by atoms with Crippen LogP contribution in [-0.4, -0.2) is 62.6 Å². The van der Waals surface area contributed by atoms with Crippen LogP contribution in [0, 0.1) is 23.6 Å². The van der Waals surface area contributed by atoms with Crippen LogP contribution < -0.4 is 15.8 Å². The zero-order valence-corrected chi connectivity index (χ0v) is 24.7. The number of amides is 1. The lowest BCUT2D eigenvalue weighted by atomic mass is 9.97. The quantitative estimate of drug-likeness (QED) is 0.221. The molecule has 2 aromatic rings. The zero-order valence-electron chi connectivity index (χ0n) is 23.1. The fraction of sp³-hybridized carbons (Fsp3) is 0.500. The van der Waals surface area contributed by atoms with Crippen molar-refractivity contribution in [3.63, 3.8) is 0 Å². The summed E-state index contributed by atoms with van der Waals surface area (Å²) in [6.07, 6.45) is 3.70. The molecule has 1 aliphatic carbocycles. The van der Waals surface area contributed by atoms with Gasteiger partial charge in [0.1, 0.15) is 11.6 Å². The standard InChI is InChI=1S/C30H38BrFN4O4/c1-3-40-29(38)25-16-21(25)18-36-13-11-19(12-14-36)17-34-30(33)35-28(37)24-5-4-6-26(32)23(24)9-7-20-15-22(31)8-10-27(20)39-2/h4-6,8,10,15,19,21,25H,3,7,9,11-14,16-18H2,1-2H3,(H3,33,34,35,37). The predicted molar refractivity (Wildman–Crippen MR) is 156 cm³/mol. The minimum absolute atomic E-state index is 0.0339. The molecule has 2 fully saturated rings. The molecule has 3 N–H and O–H groups in total. The summed E-state index contributed by atoms with van der Waals surface area (Å²) in [4.78, 5) is 31.7. The number of carbonyl (C=O) groups excluding carboxylic acids is 2. The highest BCUT2D eigenvalue weighted by Gasteiger charge is 2.45. The van der Waals surface area contributed by atoms with Crippen LogP contribution in [0.15, 0.2) is 45.9 Å². The van der Waals surface area contributed by atoms with E-state index in [1.807, 2.05) is 25.1 Å². The average Bonchev–Trinajstić information content (AvgIpc) is 3.71. The van der Waals surface area contributed by atoms with Crippen LogP contribution in [0.2, 0.25) is 0 Å². The summed E-state index contributed by atoms with van der Waals surface area (Å²) in [6, 6.07) is 10.1. The number of carbonyl (C=O) groups is 2. The average molecular weight is 618 g/mol. The van der Waals surface area contributed by atoms with Crippen LogP contribution >= 0.6 is 15.9 Å². The number of hydrogen-bond acceptors (Lipinski definition) is 6. The van der Waals surface area contributed by atoms with E-state index in [0.29, 0.717) is 49.1 Å². The van der Waals surface area contributed by atoms with Crippen LogP contribution in [0.1, 0.15) is 47.7 Å². The number of halogens is 2. The second-order valence-electron chi connectivity index (χ2n) is 10.5. The van der Waals surface area contributed by atoms with E-state index in [0.717, 1.165) is 48.9 Å². The molecule has 0 aromatic heterocycles. The molecule has 4 rings (SSSR count). The Morgan fingerprint density at radius 2 is 1.98 bits per heavy atom. The number of esters is 1. The first kappa shape index (κ1) is 30.0. The van der Waals surface area contributed by atoms with E-state index < -0.39 is 11.7 Å². The van der Waals surface area contributed by atoms with Gasteiger partial charge in [-0.3, -0.25) is 19.9 Å². The van der Waals surface area contributed by atoms with Gasteiger partial charge >= 0.3 is 5.97 Å². The molecule has 1 saturated carbocycles. The third-order valence-corrected chi connectivity index (χ3v) is 8.22. The lowest BCUT2D eigenvalue weighted by Gasteiger charge is -2.31. The van der Waals surface area contributed by atoms with Crippen molar-refractivity contribution >= 4 is 33.8 Å². The number of methoxy groups -OCH3 is 1. The van der Waals surface area contributed by atoms with Crippen molar-refractivity contribution in [3.05, 3.63) is 63.4 Å². The predicted octanol–water partition coefficient (Wildman–Crippen LogP) is 4.34. The second-order valence-corrected chi connectivity index (χ2v) is 11.4. The number of likely N-dealkylation sites (tertiary alicyclic amines) is 1. The normalized spacial score (nSPS) is 19.8. The zero-order chi connectivity index (χ0) is 28.6. The summed E-state index contributed by atoms with van der Waals surface area (Å²) in [5.41, 5.74) is 7.53. The highest BCUT2D eigenvalue weighted by Crippen LogP contribution is 2.40. The first-order chi connectivity index (χ1) is 19.3. The summed E-state index contributed by atoms with van der Waals surface area (Å²) >= 11 is 3.46. The van der Waals surface area contributed by atoms with E-state index in [1.54, 1.807) is 13.2 Å². The molecule has 2 atom stereocenters. The number of ether oxygens (including phenoxy) is 2. The Morgan fingerprint density at radius 3 is 2.70 bits per heavy atom. The number of nitrogens with one attached hydrogen (secondary N) is 1. The topological polar surface area (TPSA) is 106 Å².